The summed E-state index contributed by atoms with van der Waals surface area (Å²) >= 11 is 0. The zero-order valence-electron chi connectivity index (χ0n) is 12.7. The minimum absolute atomic E-state index is 0.00411. The van der Waals surface area contributed by atoms with E-state index in [2.05, 4.69) is 5.32 Å². The van der Waals surface area contributed by atoms with Gasteiger partial charge in [-0.2, -0.15) is 0 Å². The zero-order valence-corrected chi connectivity index (χ0v) is 13.5. The van der Waals surface area contributed by atoms with Crippen molar-refractivity contribution in [3.8, 4) is 0 Å². The molecule has 0 saturated heterocycles. The van der Waals surface area contributed by atoms with E-state index in [1.54, 1.807) is 6.92 Å². The molecule has 0 spiro atoms. The predicted octanol–water partition coefficient (Wildman–Crippen LogP) is 1.71. The topological polar surface area (TPSA) is 101 Å². The fourth-order valence-electron chi connectivity index (χ4n) is 1.96. The fourth-order valence-corrected chi connectivity index (χ4v) is 2.84. The Bertz CT molecular complexity index is 622. The van der Waals surface area contributed by atoms with Crippen molar-refractivity contribution >= 4 is 21.7 Å². The second-order valence-corrected chi connectivity index (χ2v) is 7.24. The fraction of sp³-hybridized carbons (Fsp3) is 0.467. The SMILES string of the molecule is CCCC(CNC(=O)c1ccc(S(=O)(=O)CC)cc1)C(=O)O. The third-order valence-electron chi connectivity index (χ3n) is 3.35. The summed E-state index contributed by atoms with van der Waals surface area (Å²) in [6, 6.07) is 5.61. The average Bonchev–Trinajstić information content (AvgIpc) is 2.50. The number of rotatable bonds is 8. The van der Waals surface area contributed by atoms with E-state index in [0.717, 1.165) is 6.42 Å². The van der Waals surface area contributed by atoms with Crippen LogP contribution in [0.4, 0.5) is 0 Å². The normalized spacial score (nSPS) is 12.6. The highest BCUT2D eigenvalue weighted by Gasteiger charge is 2.18. The molecule has 0 aliphatic rings. The molecule has 0 bridgehead atoms. The number of carbonyl (C=O) groups excluding carboxylic acids is 1. The van der Waals surface area contributed by atoms with Crippen molar-refractivity contribution in [3.63, 3.8) is 0 Å². The number of carbonyl (C=O) groups is 2. The number of amides is 1. The van der Waals surface area contributed by atoms with E-state index in [9.17, 15) is 18.0 Å². The Morgan fingerprint density at radius 1 is 1.18 bits per heavy atom. The maximum atomic E-state index is 12.0. The lowest BCUT2D eigenvalue weighted by atomic mass is 10.0. The first kappa shape index (κ1) is 18.2. The summed E-state index contributed by atoms with van der Waals surface area (Å²) in [4.78, 5) is 23.1. The summed E-state index contributed by atoms with van der Waals surface area (Å²) in [5.74, 6) is -1.97. The Morgan fingerprint density at radius 2 is 1.77 bits per heavy atom. The first-order valence-electron chi connectivity index (χ1n) is 7.15. The van der Waals surface area contributed by atoms with Crippen LogP contribution in [0.2, 0.25) is 0 Å². The molecule has 1 amide bonds. The van der Waals surface area contributed by atoms with Crippen LogP contribution in [0, 0.1) is 5.92 Å². The summed E-state index contributed by atoms with van der Waals surface area (Å²) in [5, 5.41) is 11.6. The summed E-state index contributed by atoms with van der Waals surface area (Å²) in [5.41, 5.74) is 0.302. The van der Waals surface area contributed by atoms with Crippen molar-refractivity contribution in [2.75, 3.05) is 12.3 Å². The summed E-state index contributed by atoms with van der Waals surface area (Å²) in [7, 11) is -3.29. The second kappa shape index (κ2) is 7.93. The van der Waals surface area contributed by atoms with Crippen LogP contribution < -0.4 is 5.32 Å². The van der Waals surface area contributed by atoms with E-state index in [1.807, 2.05) is 6.92 Å². The van der Waals surface area contributed by atoms with Crippen molar-refractivity contribution in [1.82, 2.24) is 5.32 Å². The summed E-state index contributed by atoms with van der Waals surface area (Å²) < 4.78 is 23.4. The largest absolute Gasteiger partial charge is 0.481 e. The number of aliphatic carboxylic acids is 1. The minimum Gasteiger partial charge on any atom is -0.481 e. The van der Waals surface area contributed by atoms with Gasteiger partial charge in [0.1, 0.15) is 0 Å². The van der Waals surface area contributed by atoms with Gasteiger partial charge in [-0.15, -0.1) is 0 Å². The highest BCUT2D eigenvalue weighted by molar-refractivity contribution is 7.91. The van der Waals surface area contributed by atoms with E-state index in [1.165, 1.54) is 24.3 Å². The zero-order chi connectivity index (χ0) is 16.8. The van der Waals surface area contributed by atoms with Gasteiger partial charge in [-0.05, 0) is 30.7 Å². The van der Waals surface area contributed by atoms with Gasteiger partial charge < -0.3 is 10.4 Å². The molecule has 0 radical (unpaired) electrons. The van der Waals surface area contributed by atoms with Crippen LogP contribution in [-0.4, -0.2) is 37.7 Å². The van der Waals surface area contributed by atoms with Crippen LogP contribution in [0.5, 0.6) is 0 Å². The van der Waals surface area contributed by atoms with Crippen LogP contribution >= 0.6 is 0 Å². The van der Waals surface area contributed by atoms with Gasteiger partial charge in [0.15, 0.2) is 9.84 Å². The number of hydrogen-bond donors (Lipinski definition) is 2. The van der Waals surface area contributed by atoms with Gasteiger partial charge in [0.2, 0.25) is 0 Å². The molecule has 1 atom stereocenters. The smallest absolute Gasteiger partial charge is 0.308 e. The van der Waals surface area contributed by atoms with E-state index < -0.39 is 27.6 Å². The van der Waals surface area contributed by atoms with Gasteiger partial charge in [-0.1, -0.05) is 20.3 Å². The van der Waals surface area contributed by atoms with E-state index in [0.29, 0.717) is 12.0 Å². The monoisotopic (exact) mass is 327 g/mol. The molecule has 122 valence electrons. The van der Waals surface area contributed by atoms with Crippen molar-refractivity contribution in [2.24, 2.45) is 5.92 Å². The Hall–Kier alpha value is -1.89. The third kappa shape index (κ3) is 4.84. The van der Waals surface area contributed by atoms with Crippen molar-refractivity contribution in [2.45, 2.75) is 31.6 Å². The second-order valence-electron chi connectivity index (χ2n) is 4.96. The van der Waals surface area contributed by atoms with Crippen LogP contribution in [0.25, 0.3) is 0 Å². The van der Waals surface area contributed by atoms with E-state index in [-0.39, 0.29) is 17.2 Å². The van der Waals surface area contributed by atoms with Crippen LogP contribution in [0.1, 0.15) is 37.0 Å². The quantitative estimate of drug-likeness (QED) is 0.757. The van der Waals surface area contributed by atoms with Crippen molar-refractivity contribution < 1.29 is 23.1 Å². The maximum absolute atomic E-state index is 12.0. The number of benzene rings is 1. The van der Waals surface area contributed by atoms with Gasteiger partial charge >= 0.3 is 5.97 Å². The highest BCUT2D eigenvalue weighted by atomic mass is 32.2. The first-order chi connectivity index (χ1) is 10.3. The Balaban J connectivity index is 2.72. The molecule has 1 aromatic rings. The molecule has 0 saturated carbocycles. The molecular formula is C15H21NO5S. The van der Waals surface area contributed by atoms with Crippen LogP contribution in [0.15, 0.2) is 29.2 Å². The molecule has 1 unspecified atom stereocenters. The molecule has 6 nitrogen and oxygen atoms in total. The van der Waals surface area contributed by atoms with Gasteiger partial charge in [0.05, 0.1) is 16.6 Å². The lowest BCUT2D eigenvalue weighted by molar-refractivity contribution is -0.141. The average molecular weight is 327 g/mol. The molecule has 0 aliphatic heterocycles. The minimum atomic E-state index is -3.29. The molecule has 2 N–H and O–H groups in total. The lowest BCUT2D eigenvalue weighted by Crippen LogP contribution is -2.32. The molecule has 0 heterocycles. The molecule has 1 aromatic carbocycles. The number of sulfone groups is 1. The predicted molar refractivity (Wildman–Crippen MR) is 82.5 cm³/mol. The number of hydrogen-bond acceptors (Lipinski definition) is 4. The summed E-state index contributed by atoms with van der Waals surface area (Å²) in [6.07, 6.45) is 1.21. The Labute approximate surface area is 130 Å². The van der Waals surface area contributed by atoms with Gasteiger partial charge in [-0.25, -0.2) is 8.42 Å². The standard InChI is InChI=1S/C15H21NO5S/c1-3-5-12(15(18)19)10-16-14(17)11-6-8-13(9-7-11)22(20,21)4-2/h6-9,12H,3-5,10H2,1-2H3,(H,16,17)(H,18,19). The lowest BCUT2D eigenvalue weighted by Gasteiger charge is -2.12. The summed E-state index contributed by atoms with van der Waals surface area (Å²) in [6.45, 7) is 3.48. The van der Waals surface area contributed by atoms with E-state index >= 15 is 0 Å². The highest BCUT2D eigenvalue weighted by Crippen LogP contribution is 2.12. The number of carboxylic acids is 1. The molecule has 0 fully saturated rings. The molecule has 0 aliphatic carbocycles. The first-order valence-corrected chi connectivity index (χ1v) is 8.80. The van der Waals surface area contributed by atoms with Crippen LogP contribution in [0.3, 0.4) is 0 Å². The number of carboxylic acid groups (broad SMARTS) is 1. The van der Waals surface area contributed by atoms with Gasteiger partial charge in [-0.3, -0.25) is 9.59 Å². The third-order valence-corrected chi connectivity index (χ3v) is 5.10. The van der Waals surface area contributed by atoms with Crippen molar-refractivity contribution in [3.05, 3.63) is 29.8 Å². The van der Waals surface area contributed by atoms with E-state index in [4.69, 9.17) is 5.11 Å². The molecular weight excluding hydrogens is 306 g/mol. The van der Waals surface area contributed by atoms with Gasteiger partial charge in [0, 0.05) is 12.1 Å². The number of nitrogens with one attached hydrogen (secondary N) is 1. The Morgan fingerprint density at radius 3 is 2.23 bits per heavy atom. The van der Waals surface area contributed by atoms with Crippen LogP contribution in [-0.2, 0) is 14.6 Å². The van der Waals surface area contributed by atoms with Gasteiger partial charge in [0.25, 0.3) is 5.91 Å². The molecule has 22 heavy (non-hydrogen) atoms. The maximum Gasteiger partial charge on any atom is 0.308 e. The molecule has 1 rings (SSSR count). The molecule has 7 heteroatoms. The molecule has 0 aromatic heterocycles. The Kier molecular flexibility index (Phi) is 6.55. The van der Waals surface area contributed by atoms with Crippen molar-refractivity contribution in [1.29, 1.82) is 0 Å².